The molecule has 0 atom stereocenters. The standard InChI is InChI=1S/C11H26O3SSi/c1-5-6-7-8-9-15-10-11-16(12-2,13-3)14-4/h5-11H2,1-4H3. The molecule has 0 saturated heterocycles. The van der Waals surface area contributed by atoms with E-state index in [9.17, 15) is 0 Å². The van der Waals surface area contributed by atoms with E-state index in [-0.39, 0.29) is 0 Å². The Morgan fingerprint density at radius 2 is 1.50 bits per heavy atom. The van der Waals surface area contributed by atoms with Gasteiger partial charge in [-0.1, -0.05) is 26.2 Å². The van der Waals surface area contributed by atoms with Crippen molar-refractivity contribution in [2.45, 2.75) is 38.7 Å². The summed E-state index contributed by atoms with van der Waals surface area (Å²) in [6.45, 7) is 2.24. The molecule has 5 heteroatoms. The summed E-state index contributed by atoms with van der Waals surface area (Å²) in [5, 5.41) is 0. The zero-order valence-electron chi connectivity index (χ0n) is 11.1. The van der Waals surface area contributed by atoms with Gasteiger partial charge in [-0.05, 0) is 17.9 Å². The normalized spacial score (nSPS) is 12.0. The topological polar surface area (TPSA) is 27.7 Å². The average molecular weight is 266 g/mol. The molecule has 0 unspecified atom stereocenters. The van der Waals surface area contributed by atoms with Gasteiger partial charge in [0.2, 0.25) is 0 Å². The third kappa shape index (κ3) is 6.91. The van der Waals surface area contributed by atoms with Crippen molar-refractivity contribution in [1.82, 2.24) is 0 Å². The van der Waals surface area contributed by atoms with Gasteiger partial charge >= 0.3 is 8.80 Å². The van der Waals surface area contributed by atoms with Gasteiger partial charge in [-0.2, -0.15) is 11.8 Å². The minimum Gasteiger partial charge on any atom is -0.377 e. The number of unbranched alkanes of at least 4 members (excludes halogenated alkanes) is 3. The minimum absolute atomic E-state index is 0.898. The van der Waals surface area contributed by atoms with Crippen LogP contribution in [-0.4, -0.2) is 41.6 Å². The molecule has 98 valence electrons. The summed E-state index contributed by atoms with van der Waals surface area (Å²) in [4.78, 5) is 0. The highest BCUT2D eigenvalue weighted by Gasteiger charge is 2.36. The highest BCUT2D eigenvalue weighted by molar-refractivity contribution is 7.99. The number of thioether (sulfide) groups is 1. The van der Waals surface area contributed by atoms with Crippen molar-refractivity contribution in [1.29, 1.82) is 0 Å². The first kappa shape index (κ1) is 16.4. The van der Waals surface area contributed by atoms with Crippen LogP contribution < -0.4 is 0 Å². The van der Waals surface area contributed by atoms with Crippen molar-refractivity contribution >= 4 is 20.6 Å². The molecule has 0 spiro atoms. The van der Waals surface area contributed by atoms with Gasteiger partial charge in [0.1, 0.15) is 0 Å². The van der Waals surface area contributed by atoms with Crippen LogP contribution in [0.15, 0.2) is 0 Å². The molecule has 0 aliphatic heterocycles. The van der Waals surface area contributed by atoms with Crippen molar-refractivity contribution in [3.05, 3.63) is 0 Å². The van der Waals surface area contributed by atoms with Gasteiger partial charge in [0.05, 0.1) is 0 Å². The molecule has 16 heavy (non-hydrogen) atoms. The predicted molar refractivity (Wildman–Crippen MR) is 73.1 cm³/mol. The van der Waals surface area contributed by atoms with Crippen LogP contribution in [-0.2, 0) is 13.3 Å². The van der Waals surface area contributed by atoms with E-state index in [1.165, 1.54) is 31.4 Å². The van der Waals surface area contributed by atoms with Crippen molar-refractivity contribution < 1.29 is 13.3 Å². The van der Waals surface area contributed by atoms with Crippen LogP contribution in [0.25, 0.3) is 0 Å². The van der Waals surface area contributed by atoms with Gasteiger partial charge in [-0.3, -0.25) is 0 Å². The van der Waals surface area contributed by atoms with Gasteiger partial charge in [0.25, 0.3) is 0 Å². The Morgan fingerprint density at radius 3 is 2.00 bits per heavy atom. The molecule has 3 nitrogen and oxygen atoms in total. The van der Waals surface area contributed by atoms with E-state index in [0.717, 1.165) is 11.8 Å². The summed E-state index contributed by atoms with van der Waals surface area (Å²) in [5.41, 5.74) is 0. The van der Waals surface area contributed by atoms with Crippen molar-refractivity contribution in [3.63, 3.8) is 0 Å². The van der Waals surface area contributed by atoms with Crippen LogP contribution in [0.5, 0.6) is 0 Å². The molecule has 0 radical (unpaired) electrons. The third-order valence-corrected chi connectivity index (χ3v) is 6.79. The second-order valence-corrected chi connectivity index (χ2v) is 8.03. The number of hydrogen-bond acceptors (Lipinski definition) is 4. The van der Waals surface area contributed by atoms with Gasteiger partial charge in [-0.15, -0.1) is 0 Å². The Balaban J connectivity index is 3.48. The Bertz CT molecular complexity index is 146. The van der Waals surface area contributed by atoms with Gasteiger partial charge in [0.15, 0.2) is 0 Å². The summed E-state index contributed by atoms with van der Waals surface area (Å²) < 4.78 is 16.1. The number of rotatable bonds is 11. The SMILES string of the molecule is CCCCCCSCC[Si](OC)(OC)OC. The van der Waals surface area contributed by atoms with E-state index in [1.807, 2.05) is 11.8 Å². The first-order valence-electron chi connectivity index (χ1n) is 5.98. The van der Waals surface area contributed by atoms with Gasteiger partial charge < -0.3 is 13.3 Å². The highest BCUT2D eigenvalue weighted by Crippen LogP contribution is 2.17. The Labute approximate surface area is 106 Å². The van der Waals surface area contributed by atoms with E-state index in [2.05, 4.69) is 6.92 Å². The smallest absolute Gasteiger partial charge is 0.377 e. The van der Waals surface area contributed by atoms with E-state index in [4.69, 9.17) is 13.3 Å². The highest BCUT2D eigenvalue weighted by atomic mass is 32.2. The number of hydrogen-bond donors (Lipinski definition) is 0. The van der Waals surface area contributed by atoms with Crippen molar-refractivity contribution in [2.24, 2.45) is 0 Å². The second-order valence-electron chi connectivity index (χ2n) is 3.72. The van der Waals surface area contributed by atoms with Crippen LogP contribution in [0, 0.1) is 0 Å². The maximum atomic E-state index is 5.36. The molecular weight excluding hydrogens is 240 g/mol. The zero-order chi connectivity index (χ0) is 12.3. The summed E-state index contributed by atoms with van der Waals surface area (Å²) >= 11 is 1.97. The molecule has 0 N–H and O–H groups in total. The second kappa shape index (κ2) is 10.6. The fourth-order valence-corrected chi connectivity index (χ4v) is 4.79. The Morgan fingerprint density at radius 1 is 0.875 bits per heavy atom. The molecule has 0 bridgehead atoms. The largest absolute Gasteiger partial charge is 0.500 e. The fourth-order valence-electron chi connectivity index (χ4n) is 1.49. The maximum Gasteiger partial charge on any atom is 0.500 e. The lowest BCUT2D eigenvalue weighted by molar-refractivity contribution is 0.125. The lowest BCUT2D eigenvalue weighted by atomic mass is 10.2. The molecule has 0 aromatic rings. The van der Waals surface area contributed by atoms with Crippen molar-refractivity contribution in [3.8, 4) is 0 Å². The quantitative estimate of drug-likeness (QED) is 0.424. The van der Waals surface area contributed by atoms with Crippen LogP contribution in [0.1, 0.15) is 32.6 Å². The summed E-state index contributed by atoms with van der Waals surface area (Å²) in [6, 6.07) is 0.898. The average Bonchev–Trinajstić information content (AvgIpc) is 2.34. The maximum absolute atomic E-state index is 5.36. The molecule has 0 aliphatic rings. The van der Waals surface area contributed by atoms with E-state index >= 15 is 0 Å². The van der Waals surface area contributed by atoms with Crippen LogP contribution in [0.4, 0.5) is 0 Å². The zero-order valence-corrected chi connectivity index (χ0v) is 12.9. The van der Waals surface area contributed by atoms with Gasteiger partial charge in [0, 0.05) is 27.4 Å². The van der Waals surface area contributed by atoms with Crippen LogP contribution in [0.2, 0.25) is 6.04 Å². The molecule has 0 aromatic carbocycles. The van der Waals surface area contributed by atoms with E-state index in [0.29, 0.717) is 0 Å². The molecule has 0 aliphatic carbocycles. The first-order chi connectivity index (χ1) is 7.74. The Kier molecular flexibility index (Phi) is 10.9. The lowest BCUT2D eigenvalue weighted by Gasteiger charge is -2.23. The van der Waals surface area contributed by atoms with Crippen molar-refractivity contribution in [2.75, 3.05) is 32.8 Å². The first-order valence-corrected chi connectivity index (χ1v) is 9.06. The molecule has 0 fully saturated rings. The Hall–Kier alpha value is 0.447. The minimum atomic E-state index is -2.31. The predicted octanol–water partition coefficient (Wildman–Crippen LogP) is 3.18. The molecule has 0 heterocycles. The molecule has 0 saturated carbocycles. The fraction of sp³-hybridized carbons (Fsp3) is 1.00. The van der Waals surface area contributed by atoms with E-state index in [1.54, 1.807) is 21.3 Å². The molecule has 0 aromatic heterocycles. The lowest BCUT2D eigenvalue weighted by Crippen LogP contribution is -2.43. The third-order valence-electron chi connectivity index (χ3n) is 2.63. The molecule has 0 amide bonds. The molecule has 0 rings (SSSR count). The summed E-state index contributed by atoms with van der Waals surface area (Å²) in [7, 11) is 2.70. The summed E-state index contributed by atoms with van der Waals surface area (Å²) in [5.74, 6) is 2.30. The van der Waals surface area contributed by atoms with E-state index < -0.39 is 8.80 Å². The molecular formula is C11H26O3SSi. The van der Waals surface area contributed by atoms with Crippen LogP contribution in [0.3, 0.4) is 0 Å². The van der Waals surface area contributed by atoms with Crippen LogP contribution >= 0.6 is 11.8 Å². The van der Waals surface area contributed by atoms with Gasteiger partial charge in [-0.25, -0.2) is 0 Å². The summed E-state index contributed by atoms with van der Waals surface area (Å²) in [6.07, 6.45) is 5.33. The monoisotopic (exact) mass is 266 g/mol.